The van der Waals surface area contributed by atoms with Crippen molar-refractivity contribution in [3.05, 3.63) is 64.9 Å². The van der Waals surface area contributed by atoms with E-state index in [0.717, 1.165) is 26.6 Å². The zero-order valence-electron chi connectivity index (χ0n) is 11.7. The molecule has 0 aliphatic carbocycles. The summed E-state index contributed by atoms with van der Waals surface area (Å²) in [5.74, 6) is 0. The van der Waals surface area contributed by atoms with Crippen LogP contribution in [0.3, 0.4) is 0 Å². The molecule has 4 heteroatoms. The van der Waals surface area contributed by atoms with E-state index in [9.17, 15) is 0 Å². The first-order valence-corrected chi connectivity index (χ1v) is 7.58. The first-order valence-electron chi connectivity index (χ1n) is 6.79. The number of hydrogen-bond donors (Lipinski definition) is 2. The maximum Gasteiger partial charge on any atom is 0.0486 e. The number of nitrogen functional groups attached to an aromatic ring is 1. The number of anilines is 2. The van der Waals surface area contributed by atoms with Crippen molar-refractivity contribution >= 4 is 38.1 Å². The molecule has 0 amide bonds. The Kier molecular flexibility index (Phi) is 3.80. The maximum atomic E-state index is 6.01. The van der Waals surface area contributed by atoms with E-state index in [-0.39, 0.29) is 6.04 Å². The normalized spacial score (nSPS) is 12.3. The molecule has 21 heavy (non-hydrogen) atoms. The second kappa shape index (κ2) is 5.74. The summed E-state index contributed by atoms with van der Waals surface area (Å²) in [5.41, 5.74) is 9.05. The van der Waals surface area contributed by atoms with Gasteiger partial charge in [0.2, 0.25) is 0 Å². The van der Waals surface area contributed by atoms with Crippen LogP contribution in [0.1, 0.15) is 18.5 Å². The average Bonchev–Trinajstić information content (AvgIpc) is 2.50. The summed E-state index contributed by atoms with van der Waals surface area (Å²) in [6, 6.07) is 14.4. The minimum atomic E-state index is 0.197. The Bertz CT molecular complexity index is 786. The molecule has 1 atom stereocenters. The van der Waals surface area contributed by atoms with Crippen molar-refractivity contribution in [3.8, 4) is 0 Å². The Morgan fingerprint density at radius 1 is 1.14 bits per heavy atom. The highest BCUT2D eigenvalue weighted by Gasteiger charge is 2.09. The van der Waals surface area contributed by atoms with Crippen molar-refractivity contribution in [3.63, 3.8) is 0 Å². The van der Waals surface area contributed by atoms with Crippen LogP contribution in [0.25, 0.3) is 10.8 Å². The van der Waals surface area contributed by atoms with Crippen LogP contribution in [0, 0.1) is 0 Å². The lowest BCUT2D eigenvalue weighted by atomic mass is 10.1. The van der Waals surface area contributed by atoms with E-state index < -0.39 is 0 Å². The van der Waals surface area contributed by atoms with Gasteiger partial charge in [0.05, 0.1) is 0 Å². The second-order valence-electron chi connectivity index (χ2n) is 5.04. The summed E-state index contributed by atoms with van der Waals surface area (Å²) in [5, 5.41) is 5.62. The molecule has 0 fully saturated rings. The van der Waals surface area contributed by atoms with Gasteiger partial charge in [0, 0.05) is 45.1 Å². The first-order chi connectivity index (χ1) is 10.1. The zero-order valence-corrected chi connectivity index (χ0v) is 13.3. The van der Waals surface area contributed by atoms with Crippen molar-refractivity contribution < 1.29 is 0 Å². The Morgan fingerprint density at radius 3 is 2.81 bits per heavy atom. The van der Waals surface area contributed by atoms with Crippen LogP contribution in [0.4, 0.5) is 11.4 Å². The molecule has 0 saturated heterocycles. The fourth-order valence-corrected chi connectivity index (χ4v) is 2.85. The Balaban J connectivity index is 1.97. The summed E-state index contributed by atoms with van der Waals surface area (Å²) >= 11 is 3.51. The topological polar surface area (TPSA) is 50.9 Å². The lowest BCUT2D eigenvalue weighted by molar-refractivity contribution is 0.886. The summed E-state index contributed by atoms with van der Waals surface area (Å²) in [6.07, 6.45) is 3.59. The number of nitrogens with two attached hydrogens (primary N) is 1. The van der Waals surface area contributed by atoms with E-state index in [1.807, 2.05) is 30.3 Å². The fourth-order valence-electron chi connectivity index (χ4n) is 2.43. The van der Waals surface area contributed by atoms with Crippen LogP contribution in [0.2, 0.25) is 0 Å². The minimum absolute atomic E-state index is 0.197. The lowest BCUT2D eigenvalue weighted by Crippen LogP contribution is -2.07. The van der Waals surface area contributed by atoms with Gasteiger partial charge >= 0.3 is 0 Å². The Morgan fingerprint density at radius 2 is 2.00 bits per heavy atom. The van der Waals surface area contributed by atoms with Crippen molar-refractivity contribution in [2.45, 2.75) is 13.0 Å². The quantitative estimate of drug-likeness (QED) is 0.675. The predicted octanol–water partition coefficient (Wildman–Crippen LogP) is 4.75. The number of fused-ring (bicyclic) bond motifs is 1. The number of aromatic nitrogens is 1. The molecule has 0 saturated carbocycles. The van der Waals surface area contributed by atoms with Gasteiger partial charge in [-0.25, -0.2) is 0 Å². The van der Waals surface area contributed by atoms with Crippen LogP contribution in [-0.4, -0.2) is 4.98 Å². The van der Waals surface area contributed by atoms with Gasteiger partial charge in [-0.2, -0.15) is 0 Å². The molecule has 0 aliphatic rings. The maximum absolute atomic E-state index is 6.01. The number of nitrogens with one attached hydrogen (secondary N) is 1. The molecule has 0 aliphatic heterocycles. The van der Waals surface area contributed by atoms with Gasteiger partial charge in [0.1, 0.15) is 0 Å². The van der Waals surface area contributed by atoms with E-state index in [1.165, 1.54) is 5.56 Å². The molecule has 3 N–H and O–H groups in total. The van der Waals surface area contributed by atoms with Crippen molar-refractivity contribution in [2.75, 3.05) is 11.1 Å². The monoisotopic (exact) mass is 341 g/mol. The van der Waals surface area contributed by atoms with Gasteiger partial charge in [0.15, 0.2) is 0 Å². The van der Waals surface area contributed by atoms with E-state index in [1.54, 1.807) is 12.4 Å². The third-order valence-electron chi connectivity index (χ3n) is 3.57. The molecule has 106 valence electrons. The molecule has 1 aromatic heterocycles. The highest BCUT2D eigenvalue weighted by molar-refractivity contribution is 9.10. The van der Waals surface area contributed by atoms with Crippen LogP contribution in [0.5, 0.6) is 0 Å². The molecule has 1 heterocycles. The molecule has 3 aromatic rings. The summed E-state index contributed by atoms with van der Waals surface area (Å²) < 4.78 is 1.08. The molecule has 1 unspecified atom stereocenters. The number of pyridine rings is 1. The van der Waals surface area contributed by atoms with Crippen LogP contribution >= 0.6 is 15.9 Å². The Hall–Kier alpha value is -2.07. The summed E-state index contributed by atoms with van der Waals surface area (Å²) in [6.45, 7) is 2.14. The molecular weight excluding hydrogens is 326 g/mol. The third kappa shape index (κ3) is 2.85. The highest BCUT2D eigenvalue weighted by Crippen LogP contribution is 2.30. The molecule has 3 nitrogen and oxygen atoms in total. The van der Waals surface area contributed by atoms with Gasteiger partial charge in [-0.15, -0.1) is 0 Å². The number of benzene rings is 2. The molecular formula is C17H16BrN3. The van der Waals surface area contributed by atoms with Gasteiger partial charge in [-0.05, 0) is 42.8 Å². The first kappa shape index (κ1) is 13.9. The predicted molar refractivity (Wildman–Crippen MR) is 92.3 cm³/mol. The smallest absolute Gasteiger partial charge is 0.0486 e. The lowest BCUT2D eigenvalue weighted by Gasteiger charge is -2.18. The zero-order chi connectivity index (χ0) is 14.8. The van der Waals surface area contributed by atoms with Gasteiger partial charge in [-0.1, -0.05) is 28.1 Å². The van der Waals surface area contributed by atoms with Gasteiger partial charge < -0.3 is 11.1 Å². The minimum Gasteiger partial charge on any atom is -0.398 e. The van der Waals surface area contributed by atoms with Crippen LogP contribution < -0.4 is 11.1 Å². The highest BCUT2D eigenvalue weighted by atomic mass is 79.9. The number of halogens is 1. The fraction of sp³-hybridized carbons (Fsp3) is 0.118. The summed E-state index contributed by atoms with van der Waals surface area (Å²) in [4.78, 5) is 4.15. The molecule has 3 rings (SSSR count). The average molecular weight is 342 g/mol. The third-order valence-corrected chi connectivity index (χ3v) is 4.07. The molecule has 2 aromatic carbocycles. The van der Waals surface area contributed by atoms with E-state index >= 15 is 0 Å². The second-order valence-corrected chi connectivity index (χ2v) is 5.96. The number of rotatable bonds is 3. The van der Waals surface area contributed by atoms with Gasteiger partial charge in [0.25, 0.3) is 0 Å². The number of nitrogens with zero attached hydrogens (tertiary/aromatic N) is 1. The molecule has 0 bridgehead atoms. The molecule has 0 spiro atoms. The summed E-state index contributed by atoms with van der Waals surface area (Å²) in [7, 11) is 0. The Labute approximate surface area is 132 Å². The SMILES string of the molecule is CC(Nc1ccc(N)c2cnccc12)c1cccc(Br)c1. The van der Waals surface area contributed by atoms with Crippen LogP contribution in [-0.2, 0) is 0 Å². The van der Waals surface area contributed by atoms with E-state index in [4.69, 9.17) is 5.73 Å². The number of hydrogen-bond acceptors (Lipinski definition) is 3. The standard InChI is InChI=1S/C17H16BrN3/c1-11(12-3-2-4-13(18)9-12)21-17-6-5-16(19)15-10-20-8-7-14(15)17/h2-11,21H,19H2,1H3. The van der Waals surface area contributed by atoms with E-state index in [0.29, 0.717) is 0 Å². The van der Waals surface area contributed by atoms with Crippen molar-refractivity contribution in [2.24, 2.45) is 0 Å². The van der Waals surface area contributed by atoms with Crippen molar-refractivity contribution in [1.82, 2.24) is 4.98 Å². The van der Waals surface area contributed by atoms with Crippen LogP contribution in [0.15, 0.2) is 59.3 Å². The van der Waals surface area contributed by atoms with Gasteiger partial charge in [-0.3, -0.25) is 4.98 Å². The largest absolute Gasteiger partial charge is 0.398 e. The van der Waals surface area contributed by atoms with Crippen molar-refractivity contribution in [1.29, 1.82) is 0 Å². The van der Waals surface area contributed by atoms with E-state index in [2.05, 4.69) is 45.3 Å². The molecule has 0 radical (unpaired) electrons.